The molecule has 0 saturated carbocycles. The summed E-state index contributed by atoms with van der Waals surface area (Å²) in [6.45, 7) is 6.75. The van der Waals surface area contributed by atoms with Crippen molar-refractivity contribution in [1.29, 1.82) is 10.8 Å². The van der Waals surface area contributed by atoms with Gasteiger partial charge in [-0.15, -0.1) is 0 Å². The highest BCUT2D eigenvalue weighted by Gasteiger charge is 2.25. The monoisotopic (exact) mass is 257 g/mol. The van der Waals surface area contributed by atoms with E-state index in [0.717, 1.165) is 17.5 Å². The Labute approximate surface area is 115 Å². The molecule has 0 atom stereocenters. The summed E-state index contributed by atoms with van der Waals surface area (Å²) in [5.41, 5.74) is 3.11. The van der Waals surface area contributed by atoms with Crippen LogP contribution in [0.25, 0.3) is 0 Å². The quantitative estimate of drug-likeness (QED) is 0.690. The van der Waals surface area contributed by atoms with Crippen molar-refractivity contribution in [1.82, 2.24) is 5.32 Å². The first-order chi connectivity index (χ1) is 8.95. The zero-order valence-electron chi connectivity index (χ0n) is 12.1. The van der Waals surface area contributed by atoms with Crippen molar-refractivity contribution in [3.63, 3.8) is 0 Å². The number of rotatable bonds is 5. The van der Waals surface area contributed by atoms with Gasteiger partial charge in [-0.05, 0) is 23.5 Å². The molecule has 0 unspecified atom stereocenters. The normalized spacial score (nSPS) is 14.5. The third kappa shape index (κ3) is 2.70. The van der Waals surface area contributed by atoms with Crippen LogP contribution in [0.3, 0.4) is 0 Å². The fourth-order valence-corrected chi connectivity index (χ4v) is 2.61. The molecular weight excluding hydrogens is 234 g/mol. The summed E-state index contributed by atoms with van der Waals surface area (Å²) < 4.78 is 0. The van der Waals surface area contributed by atoms with Gasteiger partial charge in [-0.2, -0.15) is 0 Å². The van der Waals surface area contributed by atoms with E-state index in [-0.39, 0.29) is 5.41 Å². The second-order valence-corrected chi connectivity index (χ2v) is 5.98. The molecule has 0 aromatic heterocycles. The van der Waals surface area contributed by atoms with Gasteiger partial charge in [0.25, 0.3) is 0 Å². The molecule has 1 aromatic carbocycles. The van der Waals surface area contributed by atoms with Crippen molar-refractivity contribution in [3.8, 4) is 0 Å². The van der Waals surface area contributed by atoms with Crippen molar-refractivity contribution in [3.05, 3.63) is 34.9 Å². The van der Waals surface area contributed by atoms with Crippen molar-refractivity contribution < 1.29 is 0 Å². The fraction of sp³-hybridized carbons (Fsp3) is 0.500. The lowest BCUT2D eigenvalue weighted by atomic mass is 9.79. The average Bonchev–Trinajstić information content (AvgIpc) is 2.65. The first kappa shape index (κ1) is 13.8. The number of hydrogen-bond donors (Lipinski definition) is 3. The molecule has 0 saturated heterocycles. The third-order valence-corrected chi connectivity index (χ3v) is 4.00. The Balaban J connectivity index is 2.24. The molecular formula is C16H23N3. The van der Waals surface area contributed by atoms with Gasteiger partial charge >= 0.3 is 0 Å². The van der Waals surface area contributed by atoms with Gasteiger partial charge in [-0.1, -0.05) is 52.2 Å². The number of nitrogens with one attached hydrogen (secondary N) is 3. The molecule has 102 valence electrons. The van der Waals surface area contributed by atoms with Gasteiger partial charge in [-0.25, -0.2) is 0 Å². The highest BCUT2D eigenvalue weighted by Crippen LogP contribution is 2.31. The lowest BCUT2D eigenvalue weighted by Gasteiger charge is -2.26. The Kier molecular flexibility index (Phi) is 3.74. The first-order valence-corrected chi connectivity index (χ1v) is 7.05. The summed E-state index contributed by atoms with van der Waals surface area (Å²) in [5, 5.41) is 18.4. The topological polar surface area (TPSA) is 59.7 Å². The second kappa shape index (κ2) is 5.16. The maximum atomic E-state index is 7.88. The highest BCUT2D eigenvalue weighted by molar-refractivity contribution is 6.23. The Morgan fingerprint density at radius 2 is 1.74 bits per heavy atom. The molecule has 0 amide bonds. The van der Waals surface area contributed by atoms with Crippen LogP contribution in [0.1, 0.15) is 63.1 Å². The second-order valence-electron chi connectivity index (χ2n) is 5.98. The smallest absolute Gasteiger partial charge is 0.131 e. The van der Waals surface area contributed by atoms with E-state index in [1.807, 2.05) is 6.07 Å². The summed E-state index contributed by atoms with van der Waals surface area (Å²) in [6, 6.07) is 6.17. The first-order valence-electron chi connectivity index (χ1n) is 7.05. The van der Waals surface area contributed by atoms with Gasteiger partial charge in [0.1, 0.15) is 11.7 Å². The van der Waals surface area contributed by atoms with Crippen LogP contribution in [0.5, 0.6) is 0 Å². The Morgan fingerprint density at radius 1 is 1.05 bits per heavy atom. The maximum absolute atomic E-state index is 7.88. The van der Waals surface area contributed by atoms with Crippen molar-refractivity contribution >= 4 is 11.7 Å². The summed E-state index contributed by atoms with van der Waals surface area (Å²) in [5.74, 6) is 0.696. The van der Waals surface area contributed by atoms with Gasteiger partial charge in [0.2, 0.25) is 0 Å². The predicted molar refractivity (Wildman–Crippen MR) is 80.4 cm³/mol. The van der Waals surface area contributed by atoms with E-state index in [1.54, 1.807) is 0 Å². The van der Waals surface area contributed by atoms with E-state index >= 15 is 0 Å². The molecule has 1 aliphatic heterocycles. The third-order valence-electron chi connectivity index (χ3n) is 4.00. The molecule has 3 nitrogen and oxygen atoms in total. The maximum Gasteiger partial charge on any atom is 0.131 e. The van der Waals surface area contributed by atoms with E-state index in [1.165, 1.54) is 24.8 Å². The van der Waals surface area contributed by atoms with Crippen LogP contribution < -0.4 is 5.32 Å². The molecule has 2 rings (SSSR count). The van der Waals surface area contributed by atoms with Crippen LogP contribution in [-0.4, -0.2) is 11.7 Å². The zero-order chi connectivity index (χ0) is 14.0. The number of fused-ring (bicyclic) bond motifs is 1. The summed E-state index contributed by atoms with van der Waals surface area (Å²) in [7, 11) is 0. The minimum absolute atomic E-state index is 0.134. The summed E-state index contributed by atoms with van der Waals surface area (Å²) in [6.07, 6.45) is 4.92. The van der Waals surface area contributed by atoms with E-state index in [9.17, 15) is 0 Å². The van der Waals surface area contributed by atoms with Crippen LogP contribution in [0.15, 0.2) is 18.2 Å². The number of amidine groups is 2. The van der Waals surface area contributed by atoms with Crippen LogP contribution in [0.2, 0.25) is 0 Å². The SMILES string of the molecule is CCCCCC(C)(C)c1ccc2c(c1)C(=N)NC2=N. The Bertz CT molecular complexity index is 515. The van der Waals surface area contributed by atoms with Gasteiger partial charge in [0, 0.05) is 11.1 Å². The van der Waals surface area contributed by atoms with Crippen LogP contribution >= 0.6 is 0 Å². The molecule has 0 fully saturated rings. The largest absolute Gasteiger partial charge is 0.325 e. The van der Waals surface area contributed by atoms with Gasteiger partial charge < -0.3 is 5.32 Å². The van der Waals surface area contributed by atoms with E-state index in [2.05, 4.69) is 38.2 Å². The van der Waals surface area contributed by atoms with Crippen molar-refractivity contribution in [2.24, 2.45) is 0 Å². The highest BCUT2D eigenvalue weighted by atomic mass is 15.0. The number of benzene rings is 1. The fourth-order valence-electron chi connectivity index (χ4n) is 2.61. The van der Waals surface area contributed by atoms with Crippen LogP contribution in [0.4, 0.5) is 0 Å². The zero-order valence-corrected chi connectivity index (χ0v) is 12.1. The Hall–Kier alpha value is -1.64. The van der Waals surface area contributed by atoms with Gasteiger partial charge in [0.15, 0.2) is 0 Å². The summed E-state index contributed by atoms with van der Waals surface area (Å²) in [4.78, 5) is 0. The molecule has 3 heteroatoms. The van der Waals surface area contributed by atoms with Crippen LogP contribution in [-0.2, 0) is 5.41 Å². The molecule has 0 bridgehead atoms. The molecule has 1 aromatic rings. The molecule has 0 aliphatic carbocycles. The van der Waals surface area contributed by atoms with Crippen molar-refractivity contribution in [2.45, 2.75) is 51.9 Å². The predicted octanol–water partition coefficient (Wildman–Crippen LogP) is 3.80. The summed E-state index contributed by atoms with van der Waals surface area (Å²) >= 11 is 0. The standard InChI is InChI=1S/C16H23N3/c1-4-5-6-9-16(2,3)11-7-8-12-13(10-11)15(18)19-14(12)17/h7-8,10H,4-6,9H2,1-3H3,(H3,17,18,19). The number of hydrogen-bond acceptors (Lipinski definition) is 2. The minimum Gasteiger partial charge on any atom is -0.325 e. The van der Waals surface area contributed by atoms with Gasteiger partial charge in [-0.3, -0.25) is 10.8 Å². The lowest BCUT2D eigenvalue weighted by molar-refractivity contribution is 0.450. The van der Waals surface area contributed by atoms with Crippen molar-refractivity contribution in [2.75, 3.05) is 0 Å². The molecule has 1 aliphatic rings. The van der Waals surface area contributed by atoms with E-state index < -0.39 is 0 Å². The lowest BCUT2D eigenvalue weighted by Crippen LogP contribution is -2.20. The number of unbranched alkanes of at least 4 members (excludes halogenated alkanes) is 2. The molecule has 19 heavy (non-hydrogen) atoms. The van der Waals surface area contributed by atoms with Gasteiger partial charge in [0.05, 0.1) is 0 Å². The van der Waals surface area contributed by atoms with E-state index in [0.29, 0.717) is 11.7 Å². The average molecular weight is 257 g/mol. The van der Waals surface area contributed by atoms with E-state index in [4.69, 9.17) is 10.8 Å². The molecule has 1 heterocycles. The minimum atomic E-state index is 0.134. The Morgan fingerprint density at radius 3 is 2.42 bits per heavy atom. The molecule has 0 spiro atoms. The molecule has 3 N–H and O–H groups in total. The van der Waals surface area contributed by atoms with Crippen LogP contribution in [0, 0.1) is 10.8 Å². The molecule has 0 radical (unpaired) electrons.